The smallest absolute Gasteiger partial charge is 0.220 e. The lowest BCUT2D eigenvalue weighted by Gasteiger charge is -2.09. The van der Waals surface area contributed by atoms with Gasteiger partial charge in [-0.15, -0.1) is 0 Å². The fourth-order valence-corrected chi connectivity index (χ4v) is 0.771. The minimum atomic E-state index is -0.297. The zero-order chi connectivity index (χ0) is 8.69. The lowest BCUT2D eigenvalue weighted by Crippen LogP contribution is -2.20. The fraction of sp³-hybridized carbons (Fsp3) is 0.875. The largest absolute Gasteiger partial charge is 0.378 e. The highest BCUT2D eigenvalue weighted by atomic mass is 16.5. The van der Waals surface area contributed by atoms with Crippen LogP contribution in [0.5, 0.6) is 0 Å². The predicted octanol–water partition coefficient (Wildman–Crippen LogP) is 1.07. The van der Waals surface area contributed by atoms with Crippen LogP contribution in [0.3, 0.4) is 0 Å². The van der Waals surface area contributed by atoms with Gasteiger partial charge < -0.3 is 10.5 Å². The summed E-state index contributed by atoms with van der Waals surface area (Å²) in [6.45, 7) is 4.69. The van der Waals surface area contributed by atoms with Crippen LogP contribution in [0.4, 0.5) is 0 Å². The normalized spacial score (nSPS) is 12.9. The Bertz CT molecular complexity index is 115. The van der Waals surface area contributed by atoms with Crippen molar-refractivity contribution in [2.24, 2.45) is 5.73 Å². The number of carbonyl (C=O) groups excluding carboxylic acids is 1. The van der Waals surface area contributed by atoms with E-state index >= 15 is 0 Å². The quantitative estimate of drug-likeness (QED) is 0.589. The van der Waals surface area contributed by atoms with Gasteiger partial charge in [0.15, 0.2) is 0 Å². The molecule has 0 aromatic rings. The second-order valence-corrected chi connectivity index (χ2v) is 2.71. The van der Waals surface area contributed by atoms with Crippen molar-refractivity contribution in [1.29, 1.82) is 0 Å². The van der Waals surface area contributed by atoms with Crippen LogP contribution in [0, 0.1) is 0 Å². The summed E-state index contributed by atoms with van der Waals surface area (Å²) in [6, 6.07) is 0. The topological polar surface area (TPSA) is 52.3 Å². The highest BCUT2D eigenvalue weighted by Crippen LogP contribution is 1.98. The van der Waals surface area contributed by atoms with E-state index in [0.717, 1.165) is 19.4 Å². The summed E-state index contributed by atoms with van der Waals surface area (Å²) in [7, 11) is 0. The van der Waals surface area contributed by atoms with Gasteiger partial charge in [0.05, 0.1) is 12.5 Å². The van der Waals surface area contributed by atoms with Gasteiger partial charge in [-0.3, -0.25) is 4.79 Å². The molecule has 0 radical (unpaired) electrons. The third-order valence-corrected chi connectivity index (χ3v) is 1.39. The Hall–Kier alpha value is -0.570. The van der Waals surface area contributed by atoms with Crippen LogP contribution < -0.4 is 5.73 Å². The first-order chi connectivity index (χ1) is 5.16. The number of amides is 1. The molecule has 1 atom stereocenters. The Labute approximate surface area is 67.9 Å². The molecule has 66 valence electrons. The van der Waals surface area contributed by atoms with Crippen LogP contribution in [0.1, 0.15) is 33.1 Å². The van der Waals surface area contributed by atoms with E-state index in [9.17, 15) is 4.79 Å². The zero-order valence-electron chi connectivity index (χ0n) is 7.30. The molecule has 0 heterocycles. The predicted molar refractivity (Wildman–Crippen MR) is 44.1 cm³/mol. The van der Waals surface area contributed by atoms with Gasteiger partial charge in [-0.1, -0.05) is 13.3 Å². The summed E-state index contributed by atoms with van der Waals surface area (Å²) in [6.07, 6.45) is 2.45. The molecule has 0 rings (SSSR count). The molecule has 0 spiro atoms. The van der Waals surface area contributed by atoms with Gasteiger partial charge in [0, 0.05) is 6.61 Å². The Balaban J connectivity index is 3.22. The van der Waals surface area contributed by atoms with E-state index < -0.39 is 0 Å². The van der Waals surface area contributed by atoms with Crippen LogP contribution in [-0.2, 0) is 9.53 Å². The van der Waals surface area contributed by atoms with E-state index in [1.165, 1.54) is 0 Å². The number of unbranched alkanes of at least 4 members (excludes halogenated alkanes) is 1. The monoisotopic (exact) mass is 159 g/mol. The van der Waals surface area contributed by atoms with Crippen molar-refractivity contribution in [3.8, 4) is 0 Å². The summed E-state index contributed by atoms with van der Waals surface area (Å²) in [5, 5.41) is 0. The summed E-state index contributed by atoms with van der Waals surface area (Å²) in [5.74, 6) is -0.297. The second-order valence-electron chi connectivity index (χ2n) is 2.71. The molecular formula is C8H17NO2. The van der Waals surface area contributed by atoms with E-state index in [1.54, 1.807) is 0 Å². The summed E-state index contributed by atoms with van der Waals surface area (Å²) in [4.78, 5) is 10.4. The molecular weight excluding hydrogens is 142 g/mol. The highest BCUT2D eigenvalue weighted by Gasteiger charge is 2.04. The molecule has 0 fully saturated rings. The highest BCUT2D eigenvalue weighted by molar-refractivity contribution is 5.74. The van der Waals surface area contributed by atoms with Crippen molar-refractivity contribution in [3.63, 3.8) is 0 Å². The molecule has 0 aliphatic heterocycles. The van der Waals surface area contributed by atoms with Gasteiger partial charge in [-0.05, 0) is 13.3 Å². The Kier molecular flexibility index (Phi) is 5.84. The number of rotatable bonds is 6. The molecule has 0 saturated heterocycles. The molecule has 0 aromatic carbocycles. The van der Waals surface area contributed by atoms with E-state index in [4.69, 9.17) is 10.5 Å². The number of primary amides is 1. The average Bonchev–Trinajstić information content (AvgIpc) is 1.86. The van der Waals surface area contributed by atoms with Crippen molar-refractivity contribution < 1.29 is 9.53 Å². The van der Waals surface area contributed by atoms with Crippen LogP contribution >= 0.6 is 0 Å². The van der Waals surface area contributed by atoms with Crippen LogP contribution in [0.15, 0.2) is 0 Å². The summed E-state index contributed by atoms with van der Waals surface area (Å²) >= 11 is 0. The minimum Gasteiger partial charge on any atom is -0.378 e. The Morgan fingerprint density at radius 2 is 2.27 bits per heavy atom. The maximum atomic E-state index is 10.4. The van der Waals surface area contributed by atoms with E-state index in [1.807, 2.05) is 6.92 Å². The molecule has 0 aromatic heterocycles. The Morgan fingerprint density at radius 3 is 2.73 bits per heavy atom. The number of nitrogens with two attached hydrogens (primary N) is 1. The number of ether oxygens (including phenoxy) is 1. The fourth-order valence-electron chi connectivity index (χ4n) is 0.771. The molecule has 1 amide bonds. The second kappa shape index (κ2) is 6.16. The molecule has 0 bridgehead atoms. The molecule has 0 aliphatic carbocycles. The molecule has 3 heteroatoms. The first kappa shape index (κ1) is 10.4. The van der Waals surface area contributed by atoms with Gasteiger partial charge in [0.25, 0.3) is 0 Å². The van der Waals surface area contributed by atoms with Crippen molar-refractivity contribution in [2.45, 2.75) is 39.2 Å². The number of hydrogen-bond donors (Lipinski definition) is 1. The van der Waals surface area contributed by atoms with Gasteiger partial charge in [-0.2, -0.15) is 0 Å². The number of carbonyl (C=O) groups is 1. The third-order valence-electron chi connectivity index (χ3n) is 1.39. The average molecular weight is 159 g/mol. The minimum absolute atomic E-state index is 0.0287. The van der Waals surface area contributed by atoms with E-state index in [2.05, 4.69) is 6.92 Å². The van der Waals surface area contributed by atoms with E-state index in [0.29, 0.717) is 6.42 Å². The van der Waals surface area contributed by atoms with Crippen molar-refractivity contribution in [3.05, 3.63) is 0 Å². The van der Waals surface area contributed by atoms with Crippen LogP contribution in [0.2, 0.25) is 0 Å². The standard InChI is InChI=1S/C8H17NO2/c1-3-4-5-11-7(2)6-8(9)10/h7H,3-6H2,1-2H3,(H2,9,10). The number of hydrogen-bond acceptors (Lipinski definition) is 2. The van der Waals surface area contributed by atoms with Gasteiger partial charge in [0.2, 0.25) is 5.91 Å². The summed E-state index contributed by atoms with van der Waals surface area (Å²) in [5.41, 5.74) is 4.98. The Morgan fingerprint density at radius 1 is 1.64 bits per heavy atom. The van der Waals surface area contributed by atoms with Gasteiger partial charge >= 0.3 is 0 Å². The first-order valence-electron chi connectivity index (χ1n) is 4.06. The van der Waals surface area contributed by atoms with E-state index in [-0.39, 0.29) is 12.0 Å². The maximum absolute atomic E-state index is 10.4. The van der Waals surface area contributed by atoms with Crippen molar-refractivity contribution >= 4 is 5.91 Å². The maximum Gasteiger partial charge on any atom is 0.220 e. The zero-order valence-corrected chi connectivity index (χ0v) is 7.30. The molecule has 1 unspecified atom stereocenters. The lowest BCUT2D eigenvalue weighted by atomic mass is 10.3. The molecule has 3 nitrogen and oxygen atoms in total. The lowest BCUT2D eigenvalue weighted by molar-refractivity contribution is -0.120. The van der Waals surface area contributed by atoms with Crippen molar-refractivity contribution in [1.82, 2.24) is 0 Å². The third kappa shape index (κ3) is 7.33. The van der Waals surface area contributed by atoms with Crippen molar-refractivity contribution in [2.75, 3.05) is 6.61 Å². The summed E-state index contributed by atoms with van der Waals surface area (Å²) < 4.78 is 5.29. The molecule has 2 N–H and O–H groups in total. The molecule has 11 heavy (non-hydrogen) atoms. The van der Waals surface area contributed by atoms with Crippen LogP contribution in [0.25, 0.3) is 0 Å². The van der Waals surface area contributed by atoms with Crippen LogP contribution in [-0.4, -0.2) is 18.6 Å². The van der Waals surface area contributed by atoms with Gasteiger partial charge in [-0.25, -0.2) is 0 Å². The van der Waals surface area contributed by atoms with Gasteiger partial charge in [0.1, 0.15) is 0 Å². The first-order valence-corrected chi connectivity index (χ1v) is 4.06. The molecule has 0 saturated carbocycles. The molecule has 0 aliphatic rings. The SMILES string of the molecule is CCCCOC(C)CC(N)=O.